The highest BCUT2D eigenvalue weighted by Gasteiger charge is 2.51. The maximum atomic E-state index is 12.6. The van der Waals surface area contributed by atoms with Gasteiger partial charge in [0, 0.05) is 6.54 Å². The van der Waals surface area contributed by atoms with Crippen LogP contribution >= 0.6 is 0 Å². The lowest BCUT2D eigenvalue weighted by molar-refractivity contribution is 0.00578. The lowest BCUT2D eigenvalue weighted by Crippen LogP contribution is -2.41. The van der Waals surface area contributed by atoms with Crippen molar-refractivity contribution in [1.82, 2.24) is 4.90 Å². The highest BCUT2D eigenvalue weighted by atomic mass is 16.7. The second-order valence-electron chi connectivity index (χ2n) is 9.59. The molecule has 148 valence electrons. The molecule has 1 amide bonds. The van der Waals surface area contributed by atoms with Gasteiger partial charge in [-0.2, -0.15) is 0 Å². The Bertz CT molecular complexity index is 694. The number of benzene rings is 1. The Morgan fingerprint density at radius 1 is 1.19 bits per heavy atom. The highest BCUT2D eigenvalue weighted by molar-refractivity contribution is 6.62. The third-order valence-electron chi connectivity index (χ3n) is 5.70. The number of rotatable bonds is 2. The molecule has 1 aromatic carbocycles. The molecule has 6 heteroatoms. The largest absolute Gasteiger partial charge is 0.494 e. The van der Waals surface area contributed by atoms with Crippen LogP contribution in [0.2, 0.25) is 0 Å². The van der Waals surface area contributed by atoms with E-state index in [1.54, 1.807) is 0 Å². The minimum Gasteiger partial charge on any atom is -0.444 e. The van der Waals surface area contributed by atoms with Crippen molar-refractivity contribution in [2.45, 2.75) is 84.2 Å². The smallest absolute Gasteiger partial charge is 0.444 e. The van der Waals surface area contributed by atoms with Crippen LogP contribution in [0.4, 0.5) is 4.79 Å². The van der Waals surface area contributed by atoms with Gasteiger partial charge in [-0.05, 0) is 72.3 Å². The predicted octanol–water partition coefficient (Wildman–Crippen LogP) is 4.06. The minimum absolute atomic E-state index is 0.0298. The Labute approximate surface area is 163 Å². The molecule has 0 unspecified atom stereocenters. The fourth-order valence-electron chi connectivity index (χ4n) is 3.54. The van der Waals surface area contributed by atoms with Crippen LogP contribution in [-0.4, -0.2) is 41.5 Å². The number of hydrogen-bond donors (Lipinski definition) is 0. The first-order valence-corrected chi connectivity index (χ1v) is 9.85. The molecular weight excluding hydrogens is 341 g/mol. The maximum Gasteiger partial charge on any atom is 0.494 e. The molecule has 0 bridgehead atoms. The number of hydrogen-bond acceptors (Lipinski definition) is 4. The molecular formula is C21H32BNO4. The summed E-state index contributed by atoms with van der Waals surface area (Å²) < 4.78 is 18.0. The number of amides is 1. The molecule has 0 aliphatic carbocycles. The Hall–Kier alpha value is -1.53. The zero-order chi connectivity index (χ0) is 20.0. The molecule has 2 fully saturated rings. The average molecular weight is 373 g/mol. The van der Waals surface area contributed by atoms with Gasteiger partial charge in [0.25, 0.3) is 0 Å². The van der Waals surface area contributed by atoms with Crippen molar-refractivity contribution in [1.29, 1.82) is 0 Å². The molecule has 2 aliphatic rings. The van der Waals surface area contributed by atoms with Crippen molar-refractivity contribution in [2.24, 2.45) is 0 Å². The van der Waals surface area contributed by atoms with Gasteiger partial charge in [-0.1, -0.05) is 24.3 Å². The normalized spacial score (nSPS) is 24.3. The third kappa shape index (κ3) is 4.17. The topological polar surface area (TPSA) is 48.0 Å². The molecule has 0 radical (unpaired) electrons. The van der Waals surface area contributed by atoms with Gasteiger partial charge in [-0.25, -0.2) is 4.79 Å². The fraction of sp³-hybridized carbons (Fsp3) is 0.667. The van der Waals surface area contributed by atoms with E-state index in [9.17, 15) is 4.79 Å². The van der Waals surface area contributed by atoms with Crippen molar-refractivity contribution in [3.05, 3.63) is 29.8 Å². The summed E-state index contributed by atoms with van der Waals surface area (Å²) in [4.78, 5) is 14.5. The molecule has 0 N–H and O–H groups in total. The summed E-state index contributed by atoms with van der Waals surface area (Å²) in [6.45, 7) is 14.6. The molecule has 0 aromatic heterocycles. The summed E-state index contributed by atoms with van der Waals surface area (Å²) in [6, 6.07) is 8.25. The van der Waals surface area contributed by atoms with Crippen molar-refractivity contribution in [3.63, 3.8) is 0 Å². The van der Waals surface area contributed by atoms with Crippen LogP contribution in [-0.2, 0) is 14.0 Å². The lowest BCUT2D eigenvalue weighted by Gasteiger charge is -2.32. The monoisotopic (exact) mass is 373 g/mol. The van der Waals surface area contributed by atoms with Crippen molar-refractivity contribution < 1.29 is 18.8 Å². The molecule has 2 aliphatic heterocycles. The van der Waals surface area contributed by atoms with Gasteiger partial charge in [-0.3, -0.25) is 0 Å². The molecule has 0 saturated carbocycles. The summed E-state index contributed by atoms with van der Waals surface area (Å²) >= 11 is 0. The van der Waals surface area contributed by atoms with Crippen LogP contribution in [0.15, 0.2) is 24.3 Å². The average Bonchev–Trinajstić information content (AvgIpc) is 3.09. The van der Waals surface area contributed by atoms with Crippen molar-refractivity contribution in [2.75, 3.05) is 6.54 Å². The maximum absolute atomic E-state index is 12.6. The quantitative estimate of drug-likeness (QED) is 0.734. The van der Waals surface area contributed by atoms with E-state index in [2.05, 4.69) is 39.8 Å². The second-order valence-corrected chi connectivity index (χ2v) is 9.59. The van der Waals surface area contributed by atoms with E-state index in [0.29, 0.717) is 0 Å². The molecule has 0 spiro atoms. The predicted molar refractivity (Wildman–Crippen MR) is 107 cm³/mol. The van der Waals surface area contributed by atoms with Crippen LogP contribution in [0.5, 0.6) is 0 Å². The number of nitrogens with zero attached hydrogens (tertiary/aromatic N) is 1. The lowest BCUT2D eigenvalue weighted by atomic mass is 9.78. The van der Waals surface area contributed by atoms with Crippen LogP contribution in [0.25, 0.3) is 0 Å². The van der Waals surface area contributed by atoms with Crippen LogP contribution in [0, 0.1) is 0 Å². The van der Waals surface area contributed by atoms with Crippen molar-refractivity contribution in [3.8, 4) is 0 Å². The van der Waals surface area contributed by atoms with E-state index in [1.165, 1.54) is 0 Å². The summed E-state index contributed by atoms with van der Waals surface area (Å²) in [5.41, 5.74) is 0.856. The number of carbonyl (C=O) groups is 1. The first-order valence-electron chi connectivity index (χ1n) is 9.85. The zero-order valence-electron chi connectivity index (χ0n) is 17.7. The standard InChI is InChI=1S/C21H32BNO4/c1-19(2,3)25-18(24)23-13-9-12-17(23)15-10-8-11-16(14-15)22-26-20(4,5)21(6,7)27-22/h8,10-11,14,17H,9,12-13H2,1-7H3/t17-/m1/s1. The Kier molecular flexibility index (Phi) is 5.11. The molecule has 2 saturated heterocycles. The van der Waals surface area contributed by atoms with Crippen molar-refractivity contribution >= 4 is 18.7 Å². The molecule has 5 nitrogen and oxygen atoms in total. The Morgan fingerprint density at radius 2 is 1.81 bits per heavy atom. The van der Waals surface area contributed by atoms with Crippen LogP contribution in [0.3, 0.4) is 0 Å². The van der Waals surface area contributed by atoms with Gasteiger partial charge in [0.1, 0.15) is 5.60 Å². The third-order valence-corrected chi connectivity index (χ3v) is 5.70. The van der Waals surface area contributed by atoms with Gasteiger partial charge in [0.15, 0.2) is 0 Å². The number of ether oxygens (including phenoxy) is 1. The zero-order valence-corrected chi connectivity index (χ0v) is 17.7. The summed E-state index contributed by atoms with van der Waals surface area (Å²) in [7, 11) is -0.397. The van der Waals surface area contributed by atoms with E-state index >= 15 is 0 Å². The van der Waals surface area contributed by atoms with E-state index in [0.717, 1.165) is 30.4 Å². The fourth-order valence-corrected chi connectivity index (χ4v) is 3.54. The van der Waals surface area contributed by atoms with Gasteiger partial charge in [0.05, 0.1) is 17.2 Å². The SMILES string of the molecule is CC(C)(C)OC(=O)N1CCC[C@@H]1c1cccc(B2OC(C)(C)C(C)(C)O2)c1. The van der Waals surface area contributed by atoms with Gasteiger partial charge >= 0.3 is 13.2 Å². The molecule has 2 heterocycles. The van der Waals surface area contributed by atoms with Gasteiger partial charge in [-0.15, -0.1) is 0 Å². The van der Waals surface area contributed by atoms with E-state index in [4.69, 9.17) is 14.0 Å². The Morgan fingerprint density at radius 3 is 2.41 bits per heavy atom. The summed E-state index contributed by atoms with van der Waals surface area (Å²) in [5.74, 6) is 0. The minimum atomic E-state index is -0.491. The van der Waals surface area contributed by atoms with E-state index in [-0.39, 0.29) is 23.3 Å². The highest BCUT2D eigenvalue weighted by Crippen LogP contribution is 2.37. The molecule has 1 atom stereocenters. The molecule has 27 heavy (non-hydrogen) atoms. The first kappa shape index (κ1) is 20.2. The van der Waals surface area contributed by atoms with Crippen LogP contribution in [0.1, 0.15) is 72.9 Å². The molecule has 1 aromatic rings. The van der Waals surface area contributed by atoms with Crippen LogP contribution < -0.4 is 5.46 Å². The van der Waals surface area contributed by atoms with E-state index < -0.39 is 12.7 Å². The number of likely N-dealkylation sites (tertiary alicyclic amines) is 1. The summed E-state index contributed by atoms with van der Waals surface area (Å²) in [6.07, 6.45) is 1.67. The van der Waals surface area contributed by atoms with E-state index in [1.807, 2.05) is 37.8 Å². The second kappa shape index (κ2) is 6.82. The van der Waals surface area contributed by atoms with Gasteiger partial charge < -0.3 is 18.9 Å². The van der Waals surface area contributed by atoms with Gasteiger partial charge in [0.2, 0.25) is 0 Å². The first-order chi connectivity index (χ1) is 12.4. The molecule has 3 rings (SSSR count). The Balaban J connectivity index is 1.80. The summed E-state index contributed by atoms with van der Waals surface area (Å²) in [5, 5.41) is 0. The number of carbonyl (C=O) groups excluding carboxylic acids is 1.